The topological polar surface area (TPSA) is 128 Å². The van der Waals surface area contributed by atoms with Gasteiger partial charge in [-0.05, 0) is 95.8 Å². The summed E-state index contributed by atoms with van der Waals surface area (Å²) < 4.78 is 38.1. The highest BCUT2D eigenvalue weighted by Gasteiger charge is 2.78. The largest absolute Gasteiger partial charge is 0.483 e. The van der Waals surface area contributed by atoms with Crippen molar-refractivity contribution in [2.45, 2.75) is 117 Å². The molecule has 3 aromatic rings. The number of hydrogen-bond acceptors (Lipinski definition) is 11. The Hall–Kier alpha value is -4.25. The van der Waals surface area contributed by atoms with Crippen LogP contribution >= 0.6 is 12.2 Å². The molecule has 3 aliphatic heterocycles. The average molecular weight is 729 g/mol. The van der Waals surface area contributed by atoms with E-state index in [4.69, 9.17) is 40.3 Å². The summed E-state index contributed by atoms with van der Waals surface area (Å²) in [6.07, 6.45) is -1.12. The molecule has 5 aliphatic rings. The van der Waals surface area contributed by atoms with E-state index in [2.05, 4.69) is 0 Å². The highest BCUT2D eigenvalue weighted by molar-refractivity contribution is 7.71. The minimum atomic E-state index is -1.58. The quantitative estimate of drug-likeness (QED) is 0.144. The first-order valence-electron chi connectivity index (χ1n) is 17.9. The van der Waals surface area contributed by atoms with Gasteiger partial charge in [0.15, 0.2) is 16.9 Å². The number of benzene rings is 2. The molecule has 0 radical (unpaired) electrons. The summed E-state index contributed by atoms with van der Waals surface area (Å²) in [5, 5.41) is 0.691. The zero-order chi connectivity index (χ0) is 37.6. The molecule has 6 atom stereocenters. The predicted octanol–water partition coefficient (Wildman–Crippen LogP) is 8.05. The van der Waals surface area contributed by atoms with Gasteiger partial charge in [0.25, 0.3) is 0 Å². The van der Waals surface area contributed by atoms with Crippen LogP contribution in [0.2, 0.25) is 0 Å². The van der Waals surface area contributed by atoms with Gasteiger partial charge in [0.2, 0.25) is 11.2 Å². The Labute approximate surface area is 307 Å². The molecular weight excluding hydrogens is 685 g/mol. The Morgan fingerprint density at radius 1 is 0.731 bits per heavy atom. The maximum Gasteiger partial charge on any atom is 0.351 e. The molecule has 0 amide bonds. The number of esters is 4. The van der Waals surface area contributed by atoms with Crippen LogP contribution in [0.5, 0.6) is 5.75 Å². The van der Waals surface area contributed by atoms with E-state index in [0.717, 1.165) is 16.7 Å². The van der Waals surface area contributed by atoms with Crippen molar-refractivity contribution in [2.24, 2.45) is 21.7 Å². The van der Waals surface area contributed by atoms with Crippen LogP contribution in [0.1, 0.15) is 98.3 Å². The third-order valence-corrected chi connectivity index (χ3v) is 14.6. The van der Waals surface area contributed by atoms with Crippen LogP contribution in [-0.2, 0) is 38.1 Å². The molecule has 2 saturated heterocycles. The molecule has 4 bridgehead atoms. The van der Waals surface area contributed by atoms with Crippen molar-refractivity contribution in [1.29, 1.82) is 0 Å². The van der Waals surface area contributed by atoms with Gasteiger partial charge < -0.3 is 28.1 Å². The first-order valence-corrected chi connectivity index (χ1v) is 18.3. The van der Waals surface area contributed by atoms with Crippen LogP contribution < -0.4 is 4.74 Å². The van der Waals surface area contributed by atoms with Gasteiger partial charge >= 0.3 is 23.9 Å². The number of aryl methyl sites for hydroxylation is 1. The summed E-state index contributed by atoms with van der Waals surface area (Å²) in [6, 6.07) is 13.3. The van der Waals surface area contributed by atoms with Crippen molar-refractivity contribution < 1.29 is 47.3 Å². The van der Waals surface area contributed by atoms with E-state index in [9.17, 15) is 19.2 Å². The van der Waals surface area contributed by atoms with E-state index < -0.39 is 74.5 Å². The minimum Gasteiger partial charge on any atom is -0.483 e. The second kappa shape index (κ2) is 10.5. The normalized spacial score (nSPS) is 34.3. The lowest BCUT2D eigenvalue weighted by molar-refractivity contribution is -0.217. The molecule has 1 aromatic heterocycles. The SMILES string of the molecule is Cc1c(-c2ccccc2)c(=S)oc2c3c(ccc12)OC(C)(C)[C@H](OC(=O)C12CCC(C)(C(=O)O1)C2(C)C)[C@@H]3OC(=O)C12CCC(C)(C(=O)O1)C2(C)C. The lowest BCUT2D eigenvalue weighted by atomic mass is 9.66. The molecule has 4 heterocycles. The number of hydrogen-bond donors (Lipinski definition) is 0. The molecule has 2 aliphatic carbocycles. The predicted molar refractivity (Wildman–Crippen MR) is 191 cm³/mol. The number of rotatable bonds is 5. The Bertz CT molecular complexity index is 2180. The molecular formula is C41H44O10S. The summed E-state index contributed by atoms with van der Waals surface area (Å²) in [6.45, 7) is 16.5. The second-order valence-electron chi connectivity index (χ2n) is 17.3. The first-order chi connectivity index (χ1) is 24.2. The molecule has 274 valence electrons. The van der Waals surface area contributed by atoms with E-state index in [1.165, 1.54) is 0 Å². The Morgan fingerprint density at radius 2 is 1.27 bits per heavy atom. The third kappa shape index (κ3) is 3.98. The van der Waals surface area contributed by atoms with Gasteiger partial charge in [0.1, 0.15) is 16.9 Å². The lowest BCUT2D eigenvalue weighted by Crippen LogP contribution is -2.57. The van der Waals surface area contributed by atoms with Crippen LogP contribution in [0.15, 0.2) is 46.9 Å². The zero-order valence-electron chi connectivity index (χ0n) is 31.0. The zero-order valence-corrected chi connectivity index (χ0v) is 31.8. The van der Waals surface area contributed by atoms with Crippen LogP contribution in [0, 0.1) is 33.3 Å². The fraction of sp³-hybridized carbons (Fsp3) is 0.537. The highest BCUT2D eigenvalue weighted by atomic mass is 32.1. The van der Waals surface area contributed by atoms with Gasteiger partial charge in [-0.2, -0.15) is 0 Å². The maximum atomic E-state index is 14.7. The van der Waals surface area contributed by atoms with Crippen molar-refractivity contribution in [3.63, 3.8) is 0 Å². The summed E-state index contributed by atoms with van der Waals surface area (Å²) in [7, 11) is 0. The van der Waals surface area contributed by atoms with Crippen LogP contribution in [0.4, 0.5) is 0 Å². The van der Waals surface area contributed by atoms with E-state index >= 15 is 0 Å². The van der Waals surface area contributed by atoms with Crippen LogP contribution in [0.25, 0.3) is 22.1 Å². The highest BCUT2D eigenvalue weighted by Crippen LogP contribution is 2.67. The van der Waals surface area contributed by atoms with Gasteiger partial charge in [-0.25, -0.2) is 9.59 Å². The first kappa shape index (κ1) is 34.8. The monoisotopic (exact) mass is 728 g/mol. The van der Waals surface area contributed by atoms with Crippen molar-refractivity contribution in [3.05, 3.63) is 58.3 Å². The third-order valence-electron chi connectivity index (χ3n) is 14.3. The van der Waals surface area contributed by atoms with Crippen LogP contribution in [0.3, 0.4) is 0 Å². The van der Waals surface area contributed by atoms with Crippen molar-refractivity contribution in [2.75, 3.05) is 0 Å². The summed E-state index contributed by atoms with van der Waals surface area (Å²) >= 11 is 5.86. The van der Waals surface area contributed by atoms with Crippen molar-refractivity contribution >= 4 is 47.1 Å². The molecule has 2 saturated carbocycles. The smallest absolute Gasteiger partial charge is 0.351 e. The summed E-state index contributed by atoms with van der Waals surface area (Å²) in [4.78, 5) is 55.7. The van der Waals surface area contributed by atoms with Crippen LogP contribution in [-0.4, -0.2) is 46.8 Å². The molecule has 8 rings (SSSR count). The fourth-order valence-corrected chi connectivity index (χ4v) is 10.1. The molecule has 0 spiro atoms. The van der Waals surface area contributed by atoms with Gasteiger partial charge in [0, 0.05) is 21.8 Å². The van der Waals surface area contributed by atoms with Gasteiger partial charge in [-0.1, -0.05) is 58.0 Å². The molecule has 10 nitrogen and oxygen atoms in total. The van der Waals surface area contributed by atoms with Gasteiger partial charge in [-0.15, -0.1) is 0 Å². The Morgan fingerprint density at radius 3 is 1.77 bits per heavy atom. The number of ether oxygens (including phenoxy) is 5. The summed E-state index contributed by atoms with van der Waals surface area (Å²) in [5.41, 5.74) is -4.87. The van der Waals surface area contributed by atoms with E-state index in [1.54, 1.807) is 19.9 Å². The number of fused-ring (bicyclic) bond motifs is 7. The molecule has 0 N–H and O–H groups in total. The number of carbonyl (C=O) groups excluding carboxylic acids is 4. The van der Waals surface area contributed by atoms with Crippen molar-refractivity contribution in [3.8, 4) is 16.9 Å². The molecule has 4 unspecified atom stereocenters. The Balaban J connectivity index is 1.30. The average Bonchev–Trinajstić information content (AvgIpc) is 3.54. The van der Waals surface area contributed by atoms with Gasteiger partial charge in [0.05, 0.1) is 16.4 Å². The standard InChI is InChI=1S/C41H44O10S/c1-21-23-15-16-24-26(27(23)46-30(52)25(21)22-13-11-10-12-14-22)28(47-33(44)40-19-17-38(8,31(42)50-40)36(40,4)5)29(35(2,3)49-24)48-34(45)41-20-18-39(9,32(43)51-41)37(41,6)7/h10-16,28-29H,17-20H2,1-9H3/t28-,29-,38?,39?,40?,41?/m1/s1. The molecule has 52 heavy (non-hydrogen) atoms. The molecule has 2 aromatic carbocycles. The van der Waals surface area contributed by atoms with Crippen molar-refractivity contribution in [1.82, 2.24) is 0 Å². The lowest BCUT2D eigenvalue weighted by Gasteiger charge is -2.45. The van der Waals surface area contributed by atoms with E-state index in [-0.39, 0.29) is 17.5 Å². The second-order valence-corrected chi connectivity index (χ2v) is 17.7. The Kier molecular flexibility index (Phi) is 7.00. The van der Waals surface area contributed by atoms with E-state index in [0.29, 0.717) is 35.1 Å². The molecule has 4 fully saturated rings. The minimum absolute atomic E-state index is 0.216. The fourth-order valence-electron chi connectivity index (χ4n) is 9.72. The maximum absolute atomic E-state index is 14.7. The summed E-state index contributed by atoms with van der Waals surface area (Å²) in [5.74, 6) is -2.06. The van der Waals surface area contributed by atoms with E-state index in [1.807, 2.05) is 84.9 Å². The number of carbonyl (C=O) groups is 4. The van der Waals surface area contributed by atoms with Gasteiger partial charge in [-0.3, -0.25) is 9.59 Å². The molecule has 11 heteroatoms.